The van der Waals surface area contributed by atoms with E-state index in [1.165, 1.54) is 0 Å². The van der Waals surface area contributed by atoms with E-state index < -0.39 is 0 Å². The van der Waals surface area contributed by atoms with Gasteiger partial charge in [0.2, 0.25) is 0 Å². The molecule has 0 saturated heterocycles. The molecule has 0 aliphatic rings. The predicted molar refractivity (Wildman–Crippen MR) is 66.9 cm³/mol. The van der Waals surface area contributed by atoms with E-state index in [-0.39, 0.29) is 11.9 Å². The predicted octanol–water partition coefficient (Wildman–Crippen LogP) is 3.94. The van der Waals surface area contributed by atoms with E-state index in [9.17, 15) is 4.79 Å². The van der Waals surface area contributed by atoms with Crippen LogP contribution in [0.1, 0.15) is 30.6 Å². The Labute approximate surface area is 106 Å². The van der Waals surface area contributed by atoms with E-state index in [4.69, 9.17) is 27.9 Å². The molecule has 1 aromatic carbocycles. The summed E-state index contributed by atoms with van der Waals surface area (Å²) >= 11 is 11.5. The molecule has 0 saturated carbocycles. The van der Waals surface area contributed by atoms with Crippen molar-refractivity contribution in [3.05, 3.63) is 28.8 Å². The van der Waals surface area contributed by atoms with Gasteiger partial charge in [0.05, 0.1) is 11.1 Å². The molecule has 88 valence electrons. The molecule has 0 amide bonds. The summed E-state index contributed by atoms with van der Waals surface area (Å²) < 4.78 is 5.47. The number of Topliss-reactive ketones (excluding diaryl/α,β-unsaturated/α-hetero) is 1. The van der Waals surface area contributed by atoms with Gasteiger partial charge in [-0.15, -0.1) is 11.6 Å². The lowest BCUT2D eigenvalue weighted by atomic mass is 10.1. The summed E-state index contributed by atoms with van der Waals surface area (Å²) in [4.78, 5) is 11.6. The first-order chi connectivity index (χ1) is 7.54. The third-order valence-electron chi connectivity index (χ3n) is 1.93. The van der Waals surface area contributed by atoms with Crippen LogP contribution in [0.3, 0.4) is 0 Å². The standard InChI is InChI=1S/C12H14Cl2O2/c1-8(2)16-9-3-4-10(11(14)7-9)12(15)5-6-13/h3-4,7-8H,5-6H2,1-2H3. The molecule has 0 N–H and O–H groups in total. The highest BCUT2D eigenvalue weighted by atomic mass is 35.5. The van der Waals surface area contributed by atoms with Crippen molar-refractivity contribution in [2.75, 3.05) is 5.88 Å². The molecule has 0 unspecified atom stereocenters. The smallest absolute Gasteiger partial charge is 0.165 e. The minimum absolute atomic E-state index is 0.0453. The number of ketones is 1. The second-order valence-corrected chi connectivity index (χ2v) is 4.46. The van der Waals surface area contributed by atoms with Crippen molar-refractivity contribution in [1.82, 2.24) is 0 Å². The Morgan fingerprint density at radius 1 is 1.44 bits per heavy atom. The number of ether oxygens (including phenoxy) is 1. The van der Waals surface area contributed by atoms with Crippen molar-refractivity contribution in [2.45, 2.75) is 26.4 Å². The zero-order valence-electron chi connectivity index (χ0n) is 9.30. The molecule has 0 radical (unpaired) electrons. The van der Waals surface area contributed by atoms with Gasteiger partial charge in [0.1, 0.15) is 5.75 Å². The van der Waals surface area contributed by atoms with E-state index in [1.807, 2.05) is 13.8 Å². The van der Waals surface area contributed by atoms with Crippen LogP contribution in [-0.2, 0) is 0 Å². The molecule has 0 heterocycles. The maximum absolute atomic E-state index is 11.6. The normalized spacial score (nSPS) is 10.6. The Kier molecular flexibility index (Phi) is 5.10. The van der Waals surface area contributed by atoms with Gasteiger partial charge in [-0.3, -0.25) is 4.79 Å². The molecule has 2 nitrogen and oxygen atoms in total. The van der Waals surface area contributed by atoms with Crippen molar-refractivity contribution in [3.63, 3.8) is 0 Å². The molecule has 0 bridgehead atoms. The van der Waals surface area contributed by atoms with Gasteiger partial charge in [0.25, 0.3) is 0 Å². The summed E-state index contributed by atoms with van der Waals surface area (Å²) in [5, 5.41) is 0.410. The zero-order valence-corrected chi connectivity index (χ0v) is 10.8. The van der Waals surface area contributed by atoms with Crippen molar-refractivity contribution in [3.8, 4) is 5.75 Å². The number of benzene rings is 1. The van der Waals surface area contributed by atoms with E-state index in [1.54, 1.807) is 18.2 Å². The van der Waals surface area contributed by atoms with Crippen molar-refractivity contribution in [1.29, 1.82) is 0 Å². The largest absolute Gasteiger partial charge is 0.491 e. The number of carbonyl (C=O) groups excluding carboxylic acids is 1. The fourth-order valence-electron chi connectivity index (χ4n) is 1.29. The molecule has 1 rings (SSSR count). The first kappa shape index (κ1) is 13.3. The lowest BCUT2D eigenvalue weighted by molar-refractivity contribution is 0.0989. The van der Waals surface area contributed by atoms with Crippen molar-refractivity contribution < 1.29 is 9.53 Å². The van der Waals surface area contributed by atoms with Gasteiger partial charge in [-0.1, -0.05) is 11.6 Å². The first-order valence-electron chi connectivity index (χ1n) is 5.10. The zero-order chi connectivity index (χ0) is 12.1. The molecule has 0 spiro atoms. The number of alkyl halides is 1. The Morgan fingerprint density at radius 2 is 2.12 bits per heavy atom. The molecular formula is C12H14Cl2O2. The van der Waals surface area contributed by atoms with Crippen LogP contribution in [0.4, 0.5) is 0 Å². The third kappa shape index (κ3) is 3.69. The summed E-state index contributed by atoms with van der Waals surface area (Å²) in [6.45, 7) is 3.86. The topological polar surface area (TPSA) is 26.3 Å². The Balaban J connectivity index is 2.87. The molecule has 1 aromatic rings. The second kappa shape index (κ2) is 6.12. The summed E-state index contributed by atoms with van der Waals surface area (Å²) in [6.07, 6.45) is 0.381. The number of carbonyl (C=O) groups is 1. The van der Waals surface area contributed by atoms with Crippen LogP contribution < -0.4 is 4.74 Å². The van der Waals surface area contributed by atoms with Gasteiger partial charge in [-0.2, -0.15) is 0 Å². The monoisotopic (exact) mass is 260 g/mol. The van der Waals surface area contributed by atoms with Gasteiger partial charge in [0.15, 0.2) is 5.78 Å². The molecule has 0 fully saturated rings. The highest BCUT2D eigenvalue weighted by Crippen LogP contribution is 2.24. The van der Waals surface area contributed by atoms with Crippen LogP contribution in [0.5, 0.6) is 5.75 Å². The number of hydrogen-bond acceptors (Lipinski definition) is 2. The van der Waals surface area contributed by atoms with Gasteiger partial charge >= 0.3 is 0 Å². The highest BCUT2D eigenvalue weighted by Gasteiger charge is 2.11. The maximum atomic E-state index is 11.6. The van der Waals surface area contributed by atoms with Crippen molar-refractivity contribution in [2.24, 2.45) is 0 Å². The van der Waals surface area contributed by atoms with Crippen LogP contribution in [0, 0.1) is 0 Å². The average Bonchev–Trinajstić information content (AvgIpc) is 2.16. The van der Waals surface area contributed by atoms with Crippen LogP contribution in [-0.4, -0.2) is 17.8 Å². The van der Waals surface area contributed by atoms with Gasteiger partial charge in [0, 0.05) is 17.9 Å². The number of rotatable bonds is 5. The molecule has 0 aliphatic carbocycles. The van der Waals surface area contributed by atoms with E-state index in [0.29, 0.717) is 28.6 Å². The lowest BCUT2D eigenvalue weighted by Crippen LogP contribution is -2.06. The SMILES string of the molecule is CC(C)Oc1ccc(C(=O)CCCl)c(Cl)c1. The van der Waals surface area contributed by atoms with E-state index in [2.05, 4.69) is 0 Å². The summed E-state index contributed by atoms with van der Waals surface area (Å²) in [6, 6.07) is 5.07. The summed E-state index contributed by atoms with van der Waals surface area (Å²) in [7, 11) is 0. The summed E-state index contributed by atoms with van der Waals surface area (Å²) in [5.41, 5.74) is 0.499. The quantitative estimate of drug-likeness (QED) is 0.592. The van der Waals surface area contributed by atoms with Crippen LogP contribution >= 0.6 is 23.2 Å². The van der Waals surface area contributed by atoms with Gasteiger partial charge < -0.3 is 4.74 Å². The minimum Gasteiger partial charge on any atom is -0.491 e. The first-order valence-corrected chi connectivity index (χ1v) is 6.01. The second-order valence-electron chi connectivity index (χ2n) is 3.67. The minimum atomic E-state index is -0.0453. The number of halogens is 2. The van der Waals surface area contributed by atoms with Crippen LogP contribution in [0.15, 0.2) is 18.2 Å². The fourth-order valence-corrected chi connectivity index (χ4v) is 1.74. The van der Waals surface area contributed by atoms with Gasteiger partial charge in [-0.25, -0.2) is 0 Å². The van der Waals surface area contributed by atoms with Crippen LogP contribution in [0.25, 0.3) is 0 Å². The molecule has 0 aliphatic heterocycles. The maximum Gasteiger partial charge on any atom is 0.165 e. The van der Waals surface area contributed by atoms with E-state index >= 15 is 0 Å². The van der Waals surface area contributed by atoms with E-state index in [0.717, 1.165) is 0 Å². The lowest BCUT2D eigenvalue weighted by Gasteiger charge is -2.11. The summed E-state index contributed by atoms with van der Waals surface area (Å²) in [5.74, 6) is 0.929. The molecule has 0 aromatic heterocycles. The van der Waals surface area contributed by atoms with Crippen molar-refractivity contribution >= 4 is 29.0 Å². The molecule has 0 atom stereocenters. The highest BCUT2D eigenvalue weighted by molar-refractivity contribution is 6.34. The molecular weight excluding hydrogens is 247 g/mol. The Bertz CT molecular complexity index is 375. The third-order valence-corrected chi connectivity index (χ3v) is 2.44. The average molecular weight is 261 g/mol. The number of hydrogen-bond donors (Lipinski definition) is 0. The molecule has 16 heavy (non-hydrogen) atoms. The Hall–Kier alpha value is -0.730. The molecule has 4 heteroatoms. The fraction of sp³-hybridized carbons (Fsp3) is 0.417. The van der Waals surface area contributed by atoms with Crippen LogP contribution in [0.2, 0.25) is 5.02 Å². The van der Waals surface area contributed by atoms with Gasteiger partial charge in [-0.05, 0) is 32.0 Å². The Morgan fingerprint density at radius 3 is 2.62 bits per heavy atom.